The van der Waals surface area contributed by atoms with Crippen molar-refractivity contribution in [3.63, 3.8) is 0 Å². The smallest absolute Gasteiger partial charge is 0.337 e. The number of anilines is 1. The van der Waals surface area contributed by atoms with Gasteiger partial charge in [-0.3, -0.25) is 9.59 Å². The molecule has 0 saturated carbocycles. The summed E-state index contributed by atoms with van der Waals surface area (Å²) in [5, 5.41) is 11.7. The standard InChI is InChI=1S/C18H20N2O4/c1-5-14(11-12(3)20(6-2)13(4)21)17(22)19-16-10-8-7-9-15(16)18(23)24/h5,7-11H,1,3,6H2,2,4H3,(H,19,22)(H,23,24)/b14-11+. The molecule has 6 nitrogen and oxygen atoms in total. The summed E-state index contributed by atoms with van der Waals surface area (Å²) in [5.74, 6) is -1.88. The lowest BCUT2D eigenvalue weighted by Gasteiger charge is -2.19. The molecule has 0 radical (unpaired) electrons. The maximum Gasteiger partial charge on any atom is 0.337 e. The van der Waals surface area contributed by atoms with E-state index in [0.717, 1.165) is 0 Å². The fraction of sp³-hybridized carbons (Fsp3) is 0.167. The third kappa shape index (κ3) is 4.67. The molecule has 0 atom stereocenters. The van der Waals surface area contributed by atoms with E-state index in [2.05, 4.69) is 18.5 Å². The number of benzene rings is 1. The molecule has 6 heteroatoms. The lowest BCUT2D eigenvalue weighted by Crippen LogP contribution is -2.27. The molecule has 0 bridgehead atoms. The van der Waals surface area contributed by atoms with Crippen LogP contribution >= 0.6 is 0 Å². The van der Waals surface area contributed by atoms with Crippen molar-refractivity contribution < 1.29 is 19.5 Å². The van der Waals surface area contributed by atoms with E-state index in [1.54, 1.807) is 19.1 Å². The van der Waals surface area contributed by atoms with Crippen molar-refractivity contribution in [2.24, 2.45) is 0 Å². The molecule has 2 N–H and O–H groups in total. The average Bonchev–Trinajstić information content (AvgIpc) is 2.53. The number of para-hydroxylation sites is 1. The highest BCUT2D eigenvalue weighted by Gasteiger charge is 2.15. The van der Waals surface area contributed by atoms with Gasteiger partial charge in [0.2, 0.25) is 5.91 Å². The second-order valence-electron chi connectivity index (χ2n) is 4.86. The number of carbonyl (C=O) groups excluding carboxylic acids is 2. The molecule has 2 amide bonds. The van der Waals surface area contributed by atoms with Gasteiger partial charge in [-0.1, -0.05) is 31.4 Å². The molecule has 0 saturated heterocycles. The first-order valence-corrected chi connectivity index (χ1v) is 7.26. The largest absolute Gasteiger partial charge is 0.478 e. The molecule has 0 aliphatic heterocycles. The molecule has 0 aliphatic rings. The van der Waals surface area contributed by atoms with Crippen molar-refractivity contribution in [2.45, 2.75) is 13.8 Å². The fourth-order valence-corrected chi connectivity index (χ4v) is 2.08. The van der Waals surface area contributed by atoms with Crippen molar-refractivity contribution in [1.29, 1.82) is 0 Å². The van der Waals surface area contributed by atoms with Crippen molar-refractivity contribution in [2.75, 3.05) is 11.9 Å². The van der Waals surface area contributed by atoms with Crippen molar-refractivity contribution in [3.05, 3.63) is 66.4 Å². The number of nitrogens with one attached hydrogen (secondary N) is 1. The number of rotatable bonds is 7. The number of allylic oxidation sites excluding steroid dienone is 1. The Balaban J connectivity index is 3.06. The Labute approximate surface area is 140 Å². The Hall–Kier alpha value is -3.15. The third-order valence-corrected chi connectivity index (χ3v) is 3.25. The number of likely N-dealkylation sites (N-methyl/N-ethyl adjacent to an activating group) is 1. The van der Waals surface area contributed by atoms with Crippen molar-refractivity contribution in [1.82, 2.24) is 4.90 Å². The van der Waals surface area contributed by atoms with Gasteiger partial charge < -0.3 is 15.3 Å². The summed E-state index contributed by atoms with van der Waals surface area (Å²) >= 11 is 0. The van der Waals surface area contributed by atoms with Crippen LogP contribution in [0.3, 0.4) is 0 Å². The Bertz CT molecular complexity index is 719. The average molecular weight is 328 g/mol. The first kappa shape index (κ1) is 18.9. The van der Waals surface area contributed by atoms with E-state index >= 15 is 0 Å². The second kappa shape index (κ2) is 8.47. The Morgan fingerprint density at radius 3 is 2.42 bits per heavy atom. The molecular formula is C18H20N2O4. The number of carboxylic acid groups (broad SMARTS) is 1. The summed E-state index contributed by atoms with van der Waals surface area (Å²) in [6, 6.07) is 6.07. The van der Waals surface area contributed by atoms with Gasteiger partial charge in [0.1, 0.15) is 0 Å². The Kier molecular flexibility index (Phi) is 6.67. The van der Waals surface area contributed by atoms with Gasteiger partial charge in [-0.05, 0) is 25.1 Å². The first-order chi connectivity index (χ1) is 11.3. The van der Waals surface area contributed by atoms with Crippen LogP contribution in [0.2, 0.25) is 0 Å². The summed E-state index contributed by atoms with van der Waals surface area (Å²) in [5.41, 5.74) is 0.667. The first-order valence-electron chi connectivity index (χ1n) is 7.26. The summed E-state index contributed by atoms with van der Waals surface area (Å²) in [6.45, 7) is 11.0. The number of nitrogens with zero attached hydrogens (tertiary/aromatic N) is 1. The van der Waals surface area contributed by atoms with Gasteiger partial charge in [0.05, 0.1) is 11.3 Å². The zero-order valence-corrected chi connectivity index (χ0v) is 13.7. The van der Waals surface area contributed by atoms with Crippen molar-refractivity contribution >= 4 is 23.5 Å². The molecule has 1 aromatic rings. The van der Waals surface area contributed by atoms with Crippen LogP contribution in [-0.4, -0.2) is 34.3 Å². The van der Waals surface area contributed by atoms with Gasteiger partial charge >= 0.3 is 5.97 Å². The monoisotopic (exact) mass is 328 g/mol. The zero-order chi connectivity index (χ0) is 18.3. The fourth-order valence-electron chi connectivity index (χ4n) is 2.08. The minimum atomic E-state index is -1.15. The maximum atomic E-state index is 12.3. The molecule has 0 unspecified atom stereocenters. The highest BCUT2D eigenvalue weighted by atomic mass is 16.4. The van der Waals surface area contributed by atoms with E-state index in [9.17, 15) is 14.4 Å². The number of carboxylic acids is 1. The molecule has 0 spiro atoms. The zero-order valence-electron chi connectivity index (χ0n) is 13.7. The number of hydrogen-bond acceptors (Lipinski definition) is 3. The predicted octanol–water partition coefficient (Wildman–Crippen LogP) is 2.82. The second-order valence-corrected chi connectivity index (χ2v) is 4.86. The molecule has 126 valence electrons. The van der Waals surface area contributed by atoms with Gasteiger partial charge in [0, 0.05) is 24.7 Å². The van der Waals surface area contributed by atoms with Crippen LogP contribution in [-0.2, 0) is 9.59 Å². The summed E-state index contributed by atoms with van der Waals surface area (Å²) in [7, 11) is 0. The SMILES string of the molecule is C=C/C(=C\C(=C)N(CC)C(C)=O)C(=O)Nc1ccccc1C(=O)O. The van der Waals surface area contributed by atoms with E-state index in [-0.39, 0.29) is 22.7 Å². The van der Waals surface area contributed by atoms with Crippen LogP contribution in [0.15, 0.2) is 60.8 Å². The summed E-state index contributed by atoms with van der Waals surface area (Å²) in [6.07, 6.45) is 2.74. The van der Waals surface area contributed by atoms with Gasteiger partial charge in [0.15, 0.2) is 0 Å². The van der Waals surface area contributed by atoms with Crippen molar-refractivity contribution in [3.8, 4) is 0 Å². The van der Waals surface area contributed by atoms with E-state index in [0.29, 0.717) is 12.2 Å². The highest BCUT2D eigenvalue weighted by molar-refractivity contribution is 6.09. The molecule has 0 aromatic heterocycles. The number of aromatic carboxylic acids is 1. The van der Waals surface area contributed by atoms with E-state index in [1.807, 2.05) is 0 Å². The van der Waals surface area contributed by atoms with Gasteiger partial charge in [-0.2, -0.15) is 0 Å². The predicted molar refractivity (Wildman–Crippen MR) is 92.5 cm³/mol. The molecule has 1 rings (SSSR count). The third-order valence-electron chi connectivity index (χ3n) is 3.25. The number of amides is 2. The van der Waals surface area contributed by atoms with Gasteiger partial charge in [0.25, 0.3) is 5.91 Å². The van der Waals surface area contributed by atoms with E-state index in [1.165, 1.54) is 36.1 Å². The minimum absolute atomic E-state index is 0.0213. The summed E-state index contributed by atoms with van der Waals surface area (Å²) in [4.78, 5) is 36.4. The minimum Gasteiger partial charge on any atom is -0.478 e. The normalized spacial score (nSPS) is 10.7. The van der Waals surface area contributed by atoms with E-state index < -0.39 is 11.9 Å². The Morgan fingerprint density at radius 2 is 1.92 bits per heavy atom. The van der Waals surface area contributed by atoms with Gasteiger partial charge in [-0.15, -0.1) is 0 Å². The lowest BCUT2D eigenvalue weighted by molar-refractivity contribution is -0.126. The molecule has 24 heavy (non-hydrogen) atoms. The molecule has 0 heterocycles. The molecule has 1 aromatic carbocycles. The van der Waals surface area contributed by atoms with Crippen LogP contribution in [0.25, 0.3) is 0 Å². The highest BCUT2D eigenvalue weighted by Crippen LogP contribution is 2.17. The number of carbonyl (C=O) groups is 3. The van der Waals surface area contributed by atoms with Crippen LogP contribution in [0.5, 0.6) is 0 Å². The lowest BCUT2D eigenvalue weighted by atomic mass is 10.1. The molecule has 0 fully saturated rings. The topological polar surface area (TPSA) is 86.7 Å². The van der Waals surface area contributed by atoms with Crippen LogP contribution in [0, 0.1) is 0 Å². The molecule has 0 aliphatic carbocycles. The van der Waals surface area contributed by atoms with Crippen LogP contribution in [0.4, 0.5) is 5.69 Å². The van der Waals surface area contributed by atoms with Crippen LogP contribution < -0.4 is 5.32 Å². The van der Waals surface area contributed by atoms with E-state index in [4.69, 9.17) is 5.11 Å². The Morgan fingerprint density at radius 1 is 1.29 bits per heavy atom. The van der Waals surface area contributed by atoms with Gasteiger partial charge in [-0.25, -0.2) is 4.79 Å². The quantitative estimate of drug-likeness (QED) is 0.595. The van der Waals surface area contributed by atoms with Crippen LogP contribution in [0.1, 0.15) is 24.2 Å². The summed E-state index contributed by atoms with van der Waals surface area (Å²) < 4.78 is 0. The maximum absolute atomic E-state index is 12.3. The molecular weight excluding hydrogens is 308 g/mol. The number of hydrogen-bond donors (Lipinski definition) is 2.